The van der Waals surface area contributed by atoms with Crippen LogP contribution in [-0.2, 0) is 6.54 Å². The first kappa shape index (κ1) is 17.0. The van der Waals surface area contributed by atoms with Crippen molar-refractivity contribution < 1.29 is 4.92 Å². The first-order valence-corrected chi connectivity index (χ1v) is 8.73. The number of benzene rings is 2. The van der Waals surface area contributed by atoms with Crippen molar-refractivity contribution in [2.45, 2.75) is 6.54 Å². The summed E-state index contributed by atoms with van der Waals surface area (Å²) in [5.41, 5.74) is 2.84. The summed E-state index contributed by atoms with van der Waals surface area (Å²) < 4.78 is 0. The lowest BCUT2D eigenvalue weighted by Gasteiger charge is -2.35. The van der Waals surface area contributed by atoms with Gasteiger partial charge in [0.05, 0.1) is 34.1 Å². The number of nitro benzene ring substituents is 1. The van der Waals surface area contributed by atoms with Gasteiger partial charge in [-0.3, -0.25) is 15.0 Å². The van der Waals surface area contributed by atoms with Crippen LogP contribution in [0.2, 0.25) is 0 Å². The summed E-state index contributed by atoms with van der Waals surface area (Å²) in [5, 5.41) is 20.3. The number of hydrogen-bond donors (Lipinski definition) is 1. The van der Waals surface area contributed by atoms with Crippen molar-refractivity contribution in [3.8, 4) is 6.07 Å². The summed E-state index contributed by atoms with van der Waals surface area (Å²) in [6.45, 7) is 3.67. The van der Waals surface area contributed by atoms with Crippen LogP contribution >= 0.6 is 0 Å². The Kier molecular flexibility index (Phi) is 4.44. The zero-order valence-corrected chi connectivity index (χ0v) is 14.6. The van der Waals surface area contributed by atoms with E-state index in [4.69, 9.17) is 5.26 Å². The van der Waals surface area contributed by atoms with Gasteiger partial charge in [-0.2, -0.15) is 5.26 Å². The highest BCUT2D eigenvalue weighted by atomic mass is 16.6. The van der Waals surface area contributed by atoms with E-state index >= 15 is 0 Å². The molecule has 0 saturated carbocycles. The van der Waals surface area contributed by atoms with Gasteiger partial charge in [0.15, 0.2) is 0 Å². The number of nitrogens with one attached hydrogen (secondary N) is 1. The monoisotopic (exact) mass is 362 g/mol. The lowest BCUT2D eigenvalue weighted by molar-refractivity contribution is -0.384. The molecule has 1 aliphatic heterocycles. The molecule has 0 atom stereocenters. The van der Waals surface area contributed by atoms with Gasteiger partial charge in [-0.1, -0.05) is 12.1 Å². The van der Waals surface area contributed by atoms with Crippen molar-refractivity contribution in [1.29, 1.82) is 5.26 Å². The molecule has 1 N–H and O–H groups in total. The Bertz CT molecular complexity index is 997. The van der Waals surface area contributed by atoms with Crippen LogP contribution in [0.15, 0.2) is 42.5 Å². The van der Waals surface area contributed by atoms with E-state index in [2.05, 4.69) is 14.9 Å². The molecular weight excluding hydrogens is 344 g/mol. The number of aromatic nitrogens is 2. The minimum atomic E-state index is -0.420. The van der Waals surface area contributed by atoms with Crippen molar-refractivity contribution in [1.82, 2.24) is 14.9 Å². The van der Waals surface area contributed by atoms with Gasteiger partial charge >= 0.3 is 0 Å². The molecule has 1 aromatic heterocycles. The number of anilines is 1. The van der Waals surface area contributed by atoms with Crippen molar-refractivity contribution >= 4 is 22.4 Å². The van der Waals surface area contributed by atoms with Crippen LogP contribution in [0.1, 0.15) is 11.4 Å². The molecule has 8 heteroatoms. The number of nitrogens with zero attached hydrogens (tertiary/aromatic N) is 5. The summed E-state index contributed by atoms with van der Waals surface area (Å²) in [6.07, 6.45) is 0. The topological polar surface area (TPSA) is 102 Å². The second-order valence-electron chi connectivity index (χ2n) is 6.54. The third-order valence-electron chi connectivity index (χ3n) is 4.83. The van der Waals surface area contributed by atoms with E-state index in [0.29, 0.717) is 24.3 Å². The molecule has 0 aliphatic carbocycles. The second kappa shape index (κ2) is 7.05. The number of para-hydroxylation sites is 2. The molecule has 136 valence electrons. The molecule has 2 aromatic carbocycles. The number of piperazine rings is 1. The van der Waals surface area contributed by atoms with Crippen LogP contribution in [0, 0.1) is 21.4 Å². The molecule has 2 heterocycles. The Morgan fingerprint density at radius 3 is 2.67 bits per heavy atom. The highest BCUT2D eigenvalue weighted by Crippen LogP contribution is 2.30. The molecule has 27 heavy (non-hydrogen) atoms. The minimum Gasteiger partial charge on any atom is -0.363 e. The Morgan fingerprint density at radius 2 is 1.96 bits per heavy atom. The van der Waals surface area contributed by atoms with Crippen LogP contribution in [0.4, 0.5) is 11.4 Å². The van der Waals surface area contributed by atoms with Crippen molar-refractivity contribution in [3.05, 3.63) is 64.0 Å². The second-order valence-corrected chi connectivity index (χ2v) is 6.54. The lowest BCUT2D eigenvalue weighted by atomic mass is 10.1. The van der Waals surface area contributed by atoms with E-state index in [0.717, 1.165) is 36.5 Å². The number of hydrogen-bond acceptors (Lipinski definition) is 6. The Balaban J connectivity index is 1.44. The fourth-order valence-corrected chi connectivity index (χ4v) is 3.45. The first-order valence-electron chi connectivity index (χ1n) is 8.73. The van der Waals surface area contributed by atoms with Gasteiger partial charge in [0.25, 0.3) is 5.69 Å². The van der Waals surface area contributed by atoms with Crippen LogP contribution in [-0.4, -0.2) is 46.0 Å². The molecule has 0 unspecified atom stereocenters. The van der Waals surface area contributed by atoms with Crippen LogP contribution < -0.4 is 4.90 Å². The van der Waals surface area contributed by atoms with Crippen LogP contribution in [0.5, 0.6) is 0 Å². The SMILES string of the molecule is N#Cc1ccc(N2CCN(Cc3nc4ccccc4[nH]3)CC2)c([N+](=O)[O-])c1. The summed E-state index contributed by atoms with van der Waals surface area (Å²) in [6, 6.07) is 14.5. The van der Waals surface area contributed by atoms with E-state index in [-0.39, 0.29) is 5.69 Å². The molecule has 0 amide bonds. The molecule has 0 bridgehead atoms. The molecule has 3 aromatic rings. The Hall–Kier alpha value is -3.44. The quantitative estimate of drug-likeness (QED) is 0.565. The van der Waals surface area contributed by atoms with Gasteiger partial charge in [-0.15, -0.1) is 0 Å². The van der Waals surface area contributed by atoms with Gasteiger partial charge in [0.2, 0.25) is 0 Å². The largest absolute Gasteiger partial charge is 0.363 e. The molecule has 1 fully saturated rings. The van der Waals surface area contributed by atoms with Crippen LogP contribution in [0.25, 0.3) is 11.0 Å². The van der Waals surface area contributed by atoms with E-state index in [1.807, 2.05) is 35.2 Å². The predicted molar refractivity (Wildman–Crippen MR) is 101 cm³/mol. The summed E-state index contributed by atoms with van der Waals surface area (Å²) in [5.74, 6) is 0.925. The molecule has 8 nitrogen and oxygen atoms in total. The van der Waals surface area contributed by atoms with Crippen molar-refractivity contribution in [2.75, 3.05) is 31.1 Å². The zero-order valence-electron chi connectivity index (χ0n) is 14.6. The molecule has 0 radical (unpaired) electrons. The molecule has 0 spiro atoms. The van der Waals surface area contributed by atoms with E-state index in [1.165, 1.54) is 6.07 Å². The fourth-order valence-electron chi connectivity index (χ4n) is 3.45. The van der Waals surface area contributed by atoms with Gasteiger partial charge < -0.3 is 9.88 Å². The van der Waals surface area contributed by atoms with Gasteiger partial charge in [-0.05, 0) is 24.3 Å². The lowest BCUT2D eigenvalue weighted by Crippen LogP contribution is -2.46. The van der Waals surface area contributed by atoms with Crippen LogP contribution in [0.3, 0.4) is 0 Å². The summed E-state index contributed by atoms with van der Waals surface area (Å²) in [7, 11) is 0. The fraction of sp³-hybridized carbons (Fsp3) is 0.263. The maximum absolute atomic E-state index is 11.4. The first-order chi connectivity index (χ1) is 13.1. The number of nitriles is 1. The Labute approximate surface area is 155 Å². The third kappa shape index (κ3) is 3.45. The van der Waals surface area contributed by atoms with Gasteiger partial charge in [-0.25, -0.2) is 4.98 Å². The minimum absolute atomic E-state index is 0.0141. The van der Waals surface area contributed by atoms with Crippen molar-refractivity contribution in [3.63, 3.8) is 0 Å². The molecule has 1 saturated heterocycles. The number of imidazole rings is 1. The zero-order chi connectivity index (χ0) is 18.8. The summed E-state index contributed by atoms with van der Waals surface area (Å²) >= 11 is 0. The number of H-pyrrole nitrogens is 1. The molecule has 4 rings (SSSR count). The maximum atomic E-state index is 11.4. The number of nitro groups is 1. The van der Waals surface area contributed by atoms with E-state index in [1.54, 1.807) is 12.1 Å². The highest BCUT2D eigenvalue weighted by Gasteiger charge is 2.24. The van der Waals surface area contributed by atoms with Gasteiger partial charge in [0, 0.05) is 32.2 Å². The third-order valence-corrected chi connectivity index (χ3v) is 4.83. The predicted octanol–water partition coefficient (Wildman–Crippen LogP) is 2.66. The standard InChI is InChI=1S/C19H18N6O2/c20-12-14-5-6-17(18(11-14)25(26)27)24-9-7-23(8-10-24)13-19-21-15-3-1-2-4-16(15)22-19/h1-6,11H,7-10,13H2,(H,21,22). The normalized spacial score (nSPS) is 15.0. The van der Waals surface area contributed by atoms with Gasteiger partial charge in [0.1, 0.15) is 11.5 Å². The van der Waals surface area contributed by atoms with Crippen molar-refractivity contribution in [2.24, 2.45) is 0 Å². The maximum Gasteiger partial charge on any atom is 0.293 e. The molecular formula is C19H18N6O2. The Morgan fingerprint density at radius 1 is 1.19 bits per heavy atom. The number of rotatable bonds is 4. The van der Waals surface area contributed by atoms with E-state index < -0.39 is 4.92 Å². The highest BCUT2D eigenvalue weighted by molar-refractivity contribution is 5.74. The number of aromatic amines is 1. The average molecular weight is 362 g/mol. The number of fused-ring (bicyclic) bond motifs is 1. The molecule has 1 aliphatic rings. The van der Waals surface area contributed by atoms with E-state index in [9.17, 15) is 10.1 Å². The smallest absolute Gasteiger partial charge is 0.293 e. The average Bonchev–Trinajstić information content (AvgIpc) is 3.10. The summed E-state index contributed by atoms with van der Waals surface area (Å²) in [4.78, 5) is 23.2.